The second kappa shape index (κ2) is 7.05. The largest absolute Gasteiger partial charge is 0.286 e. The van der Waals surface area contributed by atoms with Crippen molar-refractivity contribution in [2.24, 2.45) is 0 Å². The van der Waals surface area contributed by atoms with E-state index in [4.69, 9.17) is 0 Å². The number of carbonyl (C=O) groups excluding carboxylic acids is 1. The molecule has 3 aromatic carbocycles. The van der Waals surface area contributed by atoms with Crippen molar-refractivity contribution in [3.63, 3.8) is 0 Å². The smallest absolute Gasteiger partial charge is 0.271 e. The van der Waals surface area contributed by atoms with E-state index in [0.29, 0.717) is 16.8 Å². The van der Waals surface area contributed by atoms with Gasteiger partial charge in [0.2, 0.25) is 9.84 Å². The minimum absolute atomic E-state index is 0.309. The van der Waals surface area contributed by atoms with E-state index in [-0.39, 0.29) is 4.91 Å². The van der Waals surface area contributed by atoms with Gasteiger partial charge in [-0.3, -0.25) is 9.69 Å². The molecule has 28 heavy (non-hydrogen) atoms. The molecule has 1 aliphatic heterocycles. The van der Waals surface area contributed by atoms with Crippen molar-refractivity contribution in [1.82, 2.24) is 0 Å². The first kappa shape index (κ1) is 18.1. The SMILES string of the molecule is O=C1/C(=C\c2ccc(F)cc2)S(=O)(=O)[C@@H](c2ccccc2)N1c1ccccc1. The second-order valence-electron chi connectivity index (χ2n) is 6.38. The molecule has 6 heteroatoms. The summed E-state index contributed by atoms with van der Waals surface area (Å²) < 4.78 is 39.9. The zero-order chi connectivity index (χ0) is 19.7. The van der Waals surface area contributed by atoms with Crippen molar-refractivity contribution in [3.05, 3.63) is 107 Å². The van der Waals surface area contributed by atoms with Gasteiger partial charge < -0.3 is 0 Å². The monoisotopic (exact) mass is 393 g/mol. The van der Waals surface area contributed by atoms with Crippen LogP contribution in [-0.4, -0.2) is 14.3 Å². The maximum Gasteiger partial charge on any atom is 0.271 e. The van der Waals surface area contributed by atoms with E-state index in [1.807, 2.05) is 0 Å². The summed E-state index contributed by atoms with van der Waals surface area (Å²) in [6.07, 6.45) is 1.30. The third-order valence-electron chi connectivity index (χ3n) is 4.55. The average molecular weight is 393 g/mol. The molecule has 0 spiro atoms. The Bertz CT molecular complexity index is 1140. The first-order chi connectivity index (χ1) is 13.5. The van der Waals surface area contributed by atoms with E-state index in [1.165, 1.54) is 35.2 Å². The van der Waals surface area contributed by atoms with E-state index < -0.39 is 26.9 Å². The summed E-state index contributed by atoms with van der Waals surface area (Å²) in [7, 11) is -3.99. The summed E-state index contributed by atoms with van der Waals surface area (Å²) in [5, 5.41) is -1.16. The van der Waals surface area contributed by atoms with E-state index >= 15 is 0 Å². The van der Waals surface area contributed by atoms with Gasteiger partial charge >= 0.3 is 0 Å². The highest BCUT2D eigenvalue weighted by atomic mass is 32.2. The molecular formula is C22H16FNO3S. The lowest BCUT2D eigenvalue weighted by atomic mass is 10.1. The van der Waals surface area contributed by atoms with Crippen molar-refractivity contribution in [2.45, 2.75) is 5.37 Å². The van der Waals surface area contributed by atoms with Crippen molar-refractivity contribution in [3.8, 4) is 0 Å². The lowest BCUT2D eigenvalue weighted by molar-refractivity contribution is -0.114. The Morgan fingerprint density at radius 3 is 2.00 bits per heavy atom. The van der Waals surface area contributed by atoms with Crippen molar-refractivity contribution in [2.75, 3.05) is 4.90 Å². The quantitative estimate of drug-likeness (QED) is 0.623. The summed E-state index contributed by atoms with van der Waals surface area (Å²) in [6.45, 7) is 0. The molecule has 1 atom stereocenters. The Morgan fingerprint density at radius 1 is 0.821 bits per heavy atom. The predicted molar refractivity (Wildman–Crippen MR) is 106 cm³/mol. The molecular weight excluding hydrogens is 377 g/mol. The molecule has 1 aliphatic rings. The number of hydrogen-bond donors (Lipinski definition) is 0. The number of amides is 1. The Hall–Kier alpha value is -3.25. The molecule has 1 saturated heterocycles. The fourth-order valence-corrected chi connectivity index (χ4v) is 5.14. The van der Waals surface area contributed by atoms with Gasteiger partial charge in [0.05, 0.1) is 0 Å². The van der Waals surface area contributed by atoms with Crippen LogP contribution in [0.1, 0.15) is 16.5 Å². The molecule has 0 saturated carbocycles. The first-order valence-corrected chi connectivity index (χ1v) is 10.2. The van der Waals surface area contributed by atoms with Crippen LogP contribution in [0, 0.1) is 5.82 Å². The minimum Gasteiger partial charge on any atom is -0.286 e. The van der Waals surface area contributed by atoms with Gasteiger partial charge in [0.1, 0.15) is 10.7 Å². The maximum absolute atomic E-state index is 13.4. The Morgan fingerprint density at radius 2 is 1.39 bits per heavy atom. The minimum atomic E-state index is -3.99. The van der Waals surface area contributed by atoms with Gasteiger partial charge in [0.25, 0.3) is 5.91 Å². The van der Waals surface area contributed by atoms with Crippen molar-refractivity contribution >= 4 is 27.5 Å². The Balaban J connectivity index is 1.90. The average Bonchev–Trinajstić information content (AvgIpc) is 2.91. The van der Waals surface area contributed by atoms with Crippen LogP contribution in [0.5, 0.6) is 0 Å². The van der Waals surface area contributed by atoms with Gasteiger partial charge in [-0.25, -0.2) is 12.8 Å². The molecule has 4 nitrogen and oxygen atoms in total. The van der Waals surface area contributed by atoms with Crippen LogP contribution in [0.15, 0.2) is 89.8 Å². The number of nitrogens with zero attached hydrogens (tertiary/aromatic N) is 1. The number of benzene rings is 3. The van der Waals surface area contributed by atoms with E-state index in [2.05, 4.69) is 0 Å². The molecule has 0 aliphatic carbocycles. The number of carbonyl (C=O) groups is 1. The number of sulfone groups is 1. The van der Waals surface area contributed by atoms with Crippen molar-refractivity contribution < 1.29 is 17.6 Å². The lowest BCUT2D eigenvalue weighted by Gasteiger charge is -2.23. The van der Waals surface area contributed by atoms with Crippen LogP contribution in [0.2, 0.25) is 0 Å². The van der Waals surface area contributed by atoms with Crippen LogP contribution in [0.4, 0.5) is 10.1 Å². The summed E-state index contributed by atoms with van der Waals surface area (Å²) in [5.41, 5.74) is 1.43. The van der Waals surface area contributed by atoms with Crippen LogP contribution >= 0.6 is 0 Å². The maximum atomic E-state index is 13.4. The van der Waals surface area contributed by atoms with Gasteiger partial charge in [-0.1, -0.05) is 60.7 Å². The zero-order valence-electron chi connectivity index (χ0n) is 14.7. The van der Waals surface area contributed by atoms with E-state index in [0.717, 1.165) is 0 Å². The summed E-state index contributed by atoms with van der Waals surface area (Å²) >= 11 is 0. The Kier molecular flexibility index (Phi) is 4.57. The normalized spacial score (nSPS) is 19.9. The molecule has 3 aromatic rings. The van der Waals surface area contributed by atoms with Gasteiger partial charge in [-0.15, -0.1) is 0 Å². The number of hydrogen-bond acceptors (Lipinski definition) is 3. The standard InChI is InChI=1S/C22H16FNO3S/c23-18-13-11-16(12-14-18)15-20-21(25)24(19-9-5-2-6-10-19)22(28(20,26)27)17-7-3-1-4-8-17/h1-15,22H/b20-15+/t22-/m0/s1. The molecule has 4 rings (SSSR count). The zero-order valence-corrected chi connectivity index (χ0v) is 15.5. The van der Waals surface area contributed by atoms with Gasteiger partial charge in [0.15, 0.2) is 5.37 Å². The van der Waals surface area contributed by atoms with Gasteiger partial charge in [-0.05, 0) is 41.5 Å². The summed E-state index contributed by atoms with van der Waals surface area (Å²) in [4.78, 5) is 14.2. The molecule has 0 N–H and O–H groups in total. The predicted octanol–water partition coefficient (Wildman–Crippen LogP) is 4.33. The Labute approximate surface area is 162 Å². The van der Waals surface area contributed by atoms with Crippen LogP contribution in [-0.2, 0) is 14.6 Å². The number of anilines is 1. The van der Waals surface area contributed by atoms with Crippen LogP contribution in [0.25, 0.3) is 6.08 Å². The number of rotatable bonds is 3. The molecule has 1 fully saturated rings. The molecule has 0 bridgehead atoms. The third-order valence-corrected chi connectivity index (χ3v) is 6.53. The molecule has 0 unspecified atom stereocenters. The van der Waals surface area contributed by atoms with E-state index in [1.54, 1.807) is 60.7 Å². The van der Waals surface area contributed by atoms with Crippen molar-refractivity contribution in [1.29, 1.82) is 0 Å². The second-order valence-corrected chi connectivity index (χ2v) is 8.36. The molecule has 1 heterocycles. The highest BCUT2D eigenvalue weighted by Gasteiger charge is 2.50. The van der Waals surface area contributed by atoms with E-state index in [9.17, 15) is 17.6 Å². The topological polar surface area (TPSA) is 54.5 Å². The molecule has 1 amide bonds. The lowest BCUT2D eigenvalue weighted by Crippen LogP contribution is -2.28. The van der Waals surface area contributed by atoms with Crippen LogP contribution in [0.3, 0.4) is 0 Å². The van der Waals surface area contributed by atoms with Gasteiger partial charge in [-0.2, -0.15) is 0 Å². The third kappa shape index (κ3) is 3.12. The summed E-state index contributed by atoms with van der Waals surface area (Å²) in [5.74, 6) is -1.04. The van der Waals surface area contributed by atoms with Gasteiger partial charge in [0, 0.05) is 5.69 Å². The molecule has 0 radical (unpaired) electrons. The fraction of sp³-hybridized carbons (Fsp3) is 0.0455. The highest BCUT2D eigenvalue weighted by molar-refractivity contribution is 7.97. The number of halogens is 1. The number of para-hydroxylation sites is 1. The molecule has 0 aromatic heterocycles. The van der Waals surface area contributed by atoms with Crippen LogP contribution < -0.4 is 4.90 Å². The first-order valence-electron chi connectivity index (χ1n) is 8.63. The molecule has 140 valence electrons. The highest BCUT2D eigenvalue weighted by Crippen LogP contribution is 2.43. The summed E-state index contributed by atoms with van der Waals surface area (Å²) in [6, 6.07) is 22.7. The fourth-order valence-electron chi connectivity index (χ4n) is 3.25.